The molecule has 0 aromatic heterocycles. The SMILES string of the molecule is CC(C)c1ccc(CNC(=O)C[C@H]2CN(C(=O)CCC(=O)O)CCN2S(=O)(=O)c2ccc(C(F)(F)F)cc2)cc1. The molecule has 0 radical (unpaired) electrons. The van der Waals surface area contributed by atoms with E-state index in [2.05, 4.69) is 19.2 Å². The van der Waals surface area contributed by atoms with Crippen LogP contribution < -0.4 is 5.32 Å². The van der Waals surface area contributed by atoms with Gasteiger partial charge in [-0.05, 0) is 41.3 Å². The summed E-state index contributed by atoms with van der Waals surface area (Å²) in [4.78, 5) is 37.3. The molecule has 1 aliphatic rings. The molecule has 2 N–H and O–H groups in total. The second-order valence-electron chi connectivity index (χ2n) is 9.90. The van der Waals surface area contributed by atoms with Gasteiger partial charge in [-0.1, -0.05) is 38.1 Å². The molecule has 218 valence electrons. The number of carboxylic acids is 1. The highest BCUT2D eigenvalue weighted by atomic mass is 32.2. The fourth-order valence-corrected chi connectivity index (χ4v) is 5.98. The number of hydrogen-bond acceptors (Lipinski definition) is 5. The van der Waals surface area contributed by atoms with Crippen LogP contribution in [0.1, 0.15) is 55.7 Å². The minimum atomic E-state index is -4.64. The van der Waals surface area contributed by atoms with Gasteiger partial charge < -0.3 is 15.3 Å². The van der Waals surface area contributed by atoms with Gasteiger partial charge in [-0.2, -0.15) is 17.5 Å². The Labute approximate surface area is 231 Å². The molecule has 0 bridgehead atoms. The van der Waals surface area contributed by atoms with Gasteiger partial charge in [0.15, 0.2) is 0 Å². The van der Waals surface area contributed by atoms with Crippen LogP contribution in [-0.4, -0.2) is 66.2 Å². The van der Waals surface area contributed by atoms with Crippen molar-refractivity contribution in [2.24, 2.45) is 0 Å². The number of carbonyl (C=O) groups is 3. The molecule has 9 nitrogen and oxygen atoms in total. The summed E-state index contributed by atoms with van der Waals surface area (Å²) in [6, 6.07) is 9.70. The zero-order chi connectivity index (χ0) is 29.7. The van der Waals surface area contributed by atoms with E-state index in [0.717, 1.165) is 27.6 Å². The van der Waals surface area contributed by atoms with Crippen LogP contribution in [0.2, 0.25) is 0 Å². The normalized spacial score (nSPS) is 16.6. The van der Waals surface area contributed by atoms with Crippen molar-refractivity contribution < 1.29 is 41.1 Å². The van der Waals surface area contributed by atoms with Crippen LogP contribution in [0.25, 0.3) is 0 Å². The smallest absolute Gasteiger partial charge is 0.416 e. The number of nitrogens with one attached hydrogen (secondary N) is 1. The number of rotatable bonds is 10. The van der Waals surface area contributed by atoms with Crippen LogP contribution in [-0.2, 0) is 37.1 Å². The molecule has 13 heteroatoms. The molecule has 2 amide bonds. The molecule has 1 atom stereocenters. The summed E-state index contributed by atoms with van der Waals surface area (Å²) < 4.78 is 66.8. The molecular formula is C27H32F3N3O6S. The lowest BCUT2D eigenvalue weighted by Crippen LogP contribution is -2.57. The van der Waals surface area contributed by atoms with Crippen molar-refractivity contribution in [2.75, 3.05) is 19.6 Å². The number of amides is 2. The number of nitrogens with zero attached hydrogens (tertiary/aromatic N) is 2. The summed E-state index contributed by atoms with van der Waals surface area (Å²) in [6.07, 6.45) is -5.64. The van der Waals surface area contributed by atoms with Gasteiger partial charge in [0.2, 0.25) is 21.8 Å². The first-order chi connectivity index (χ1) is 18.7. The number of alkyl halides is 3. The van der Waals surface area contributed by atoms with Crippen LogP contribution in [0.15, 0.2) is 53.4 Å². The van der Waals surface area contributed by atoms with Gasteiger partial charge in [-0.15, -0.1) is 0 Å². The van der Waals surface area contributed by atoms with E-state index in [1.165, 1.54) is 4.90 Å². The van der Waals surface area contributed by atoms with Gasteiger partial charge >= 0.3 is 12.1 Å². The third-order valence-electron chi connectivity index (χ3n) is 6.68. The highest BCUT2D eigenvalue weighted by molar-refractivity contribution is 7.89. The molecule has 2 aromatic carbocycles. The maximum Gasteiger partial charge on any atom is 0.416 e. The fourth-order valence-electron chi connectivity index (χ4n) is 4.38. The topological polar surface area (TPSA) is 124 Å². The number of aliphatic carboxylic acids is 1. The number of piperazine rings is 1. The molecular weight excluding hydrogens is 551 g/mol. The molecule has 0 unspecified atom stereocenters. The summed E-state index contributed by atoms with van der Waals surface area (Å²) in [6.45, 7) is 3.86. The van der Waals surface area contributed by atoms with Crippen molar-refractivity contribution >= 4 is 27.8 Å². The van der Waals surface area contributed by atoms with Gasteiger partial charge in [0.05, 0.1) is 22.9 Å². The fraction of sp³-hybridized carbons (Fsp3) is 0.444. The largest absolute Gasteiger partial charge is 0.481 e. The van der Waals surface area contributed by atoms with E-state index >= 15 is 0 Å². The molecule has 0 saturated carbocycles. The monoisotopic (exact) mass is 583 g/mol. The lowest BCUT2D eigenvalue weighted by atomic mass is 10.0. The number of carbonyl (C=O) groups excluding carboxylic acids is 2. The van der Waals surface area contributed by atoms with E-state index in [1.54, 1.807) is 0 Å². The average molecular weight is 584 g/mol. The Morgan fingerprint density at radius 2 is 1.62 bits per heavy atom. The summed E-state index contributed by atoms with van der Waals surface area (Å²) in [5, 5.41) is 11.6. The minimum absolute atomic E-state index is 0.0569. The molecule has 1 heterocycles. The Bertz CT molecular complexity index is 1310. The van der Waals surface area contributed by atoms with E-state index in [4.69, 9.17) is 5.11 Å². The number of hydrogen-bond donors (Lipinski definition) is 2. The van der Waals surface area contributed by atoms with Crippen molar-refractivity contribution in [3.63, 3.8) is 0 Å². The lowest BCUT2D eigenvalue weighted by molar-refractivity contribution is -0.141. The van der Waals surface area contributed by atoms with Crippen molar-refractivity contribution in [1.82, 2.24) is 14.5 Å². The van der Waals surface area contributed by atoms with Gasteiger partial charge in [-0.3, -0.25) is 14.4 Å². The van der Waals surface area contributed by atoms with E-state index in [1.807, 2.05) is 24.3 Å². The number of carboxylic acid groups (broad SMARTS) is 1. The van der Waals surface area contributed by atoms with Crippen molar-refractivity contribution in [3.05, 3.63) is 65.2 Å². The molecule has 2 aromatic rings. The van der Waals surface area contributed by atoms with Gasteiger partial charge in [-0.25, -0.2) is 8.42 Å². The van der Waals surface area contributed by atoms with E-state index in [9.17, 15) is 36.0 Å². The van der Waals surface area contributed by atoms with Crippen molar-refractivity contribution in [3.8, 4) is 0 Å². The maximum atomic E-state index is 13.4. The van der Waals surface area contributed by atoms with Crippen molar-refractivity contribution in [1.29, 1.82) is 0 Å². The van der Waals surface area contributed by atoms with E-state index in [0.29, 0.717) is 18.1 Å². The van der Waals surface area contributed by atoms with Crippen LogP contribution >= 0.6 is 0 Å². The summed E-state index contributed by atoms with van der Waals surface area (Å²) >= 11 is 0. The Kier molecular flexibility index (Phi) is 9.96. The van der Waals surface area contributed by atoms with Gasteiger partial charge in [0.1, 0.15) is 0 Å². The van der Waals surface area contributed by atoms with Crippen LogP contribution in [0.5, 0.6) is 0 Å². The molecule has 1 fully saturated rings. The Morgan fingerprint density at radius 3 is 2.17 bits per heavy atom. The minimum Gasteiger partial charge on any atom is -0.481 e. The number of halogens is 3. The van der Waals surface area contributed by atoms with Gasteiger partial charge in [0, 0.05) is 39.0 Å². The number of benzene rings is 2. The Balaban J connectivity index is 1.78. The predicted molar refractivity (Wildman–Crippen MR) is 140 cm³/mol. The van der Waals surface area contributed by atoms with E-state index in [-0.39, 0.29) is 43.9 Å². The summed E-state index contributed by atoms with van der Waals surface area (Å²) in [5.41, 5.74) is 0.966. The molecule has 0 aliphatic carbocycles. The maximum absolute atomic E-state index is 13.4. The van der Waals surface area contributed by atoms with Crippen molar-refractivity contribution in [2.45, 2.75) is 62.7 Å². The molecule has 1 aliphatic heterocycles. The standard InChI is InChI=1S/C27H32F3N3O6S/c1-18(2)20-5-3-19(4-6-20)16-31-24(34)15-22-17-32(25(35)11-12-26(36)37)13-14-33(22)40(38,39)23-9-7-21(8-10-23)27(28,29)30/h3-10,18,22H,11-17H2,1-2H3,(H,31,34)(H,36,37)/t22-/m0/s1. The number of sulfonamides is 1. The highest BCUT2D eigenvalue weighted by Crippen LogP contribution is 2.31. The second-order valence-corrected chi connectivity index (χ2v) is 11.8. The average Bonchev–Trinajstić information content (AvgIpc) is 2.90. The van der Waals surface area contributed by atoms with Crippen LogP contribution in [0.4, 0.5) is 13.2 Å². The first-order valence-electron chi connectivity index (χ1n) is 12.7. The van der Waals surface area contributed by atoms with E-state index < -0.39 is 52.0 Å². The quantitative estimate of drug-likeness (QED) is 0.441. The first-order valence-corrected chi connectivity index (χ1v) is 14.2. The third kappa shape index (κ3) is 8.04. The Hall–Kier alpha value is -3.45. The molecule has 3 rings (SSSR count). The zero-order valence-corrected chi connectivity index (χ0v) is 23.0. The van der Waals surface area contributed by atoms with Crippen LogP contribution in [0.3, 0.4) is 0 Å². The Morgan fingerprint density at radius 1 is 1.00 bits per heavy atom. The summed E-state index contributed by atoms with van der Waals surface area (Å²) in [5.74, 6) is -1.79. The van der Waals surface area contributed by atoms with Gasteiger partial charge in [0.25, 0.3) is 0 Å². The third-order valence-corrected chi connectivity index (χ3v) is 8.65. The molecule has 40 heavy (non-hydrogen) atoms. The second kappa shape index (κ2) is 12.8. The highest BCUT2D eigenvalue weighted by Gasteiger charge is 2.39. The lowest BCUT2D eigenvalue weighted by Gasteiger charge is -2.40. The molecule has 0 spiro atoms. The zero-order valence-electron chi connectivity index (χ0n) is 22.1. The molecule has 1 saturated heterocycles. The first kappa shape index (κ1) is 31.1. The predicted octanol–water partition coefficient (Wildman–Crippen LogP) is 3.60. The van der Waals surface area contributed by atoms with Crippen LogP contribution in [0, 0.1) is 0 Å². The summed E-state index contributed by atoms with van der Waals surface area (Å²) in [7, 11) is -4.32.